The van der Waals surface area contributed by atoms with Gasteiger partial charge in [-0.25, -0.2) is 13.4 Å². The Bertz CT molecular complexity index is 1540. The van der Waals surface area contributed by atoms with Crippen LogP contribution in [-0.2, 0) is 10.0 Å². The predicted octanol–water partition coefficient (Wildman–Crippen LogP) is 5.83. The summed E-state index contributed by atoms with van der Waals surface area (Å²) in [6, 6.07) is 19.6. The molecule has 3 aromatic carbocycles. The predicted molar refractivity (Wildman–Crippen MR) is 147 cm³/mol. The van der Waals surface area contributed by atoms with E-state index in [1.54, 1.807) is 6.21 Å². The first-order valence-corrected chi connectivity index (χ1v) is 14.5. The summed E-state index contributed by atoms with van der Waals surface area (Å²) in [7, 11) is -3.56. The summed E-state index contributed by atoms with van der Waals surface area (Å²) < 4.78 is 29.1. The van der Waals surface area contributed by atoms with E-state index < -0.39 is 15.9 Å². The highest BCUT2D eigenvalue weighted by Gasteiger charge is 2.28. The molecular weight excluding hydrogens is 560 g/mol. The molecule has 7 nitrogen and oxygen atoms in total. The van der Waals surface area contributed by atoms with Gasteiger partial charge in [0.25, 0.3) is 5.91 Å². The lowest BCUT2D eigenvalue weighted by Gasteiger charge is -2.16. The summed E-state index contributed by atoms with van der Waals surface area (Å²) in [4.78, 5) is 18.4. The van der Waals surface area contributed by atoms with Crippen molar-refractivity contribution in [3.05, 3.63) is 87.9 Å². The molecule has 1 fully saturated rings. The zero-order chi connectivity index (χ0) is 25.3. The third kappa shape index (κ3) is 5.12. The van der Waals surface area contributed by atoms with Crippen LogP contribution in [0.5, 0.6) is 0 Å². The van der Waals surface area contributed by atoms with Crippen LogP contribution in [0.2, 0.25) is 0 Å². The van der Waals surface area contributed by atoms with Crippen molar-refractivity contribution in [1.82, 2.24) is 9.29 Å². The van der Waals surface area contributed by atoms with Crippen molar-refractivity contribution in [3.8, 4) is 0 Å². The lowest BCUT2D eigenvalue weighted by molar-refractivity contribution is 0.0987. The molecule has 36 heavy (non-hydrogen) atoms. The molecule has 0 N–H and O–H groups in total. The Morgan fingerprint density at radius 2 is 1.75 bits per heavy atom. The van der Waals surface area contributed by atoms with Crippen LogP contribution < -0.4 is 5.01 Å². The molecule has 1 amide bonds. The number of carbonyl (C=O) groups excluding carboxylic acids is 1. The lowest BCUT2D eigenvalue weighted by atomic mass is 10.2. The molecule has 184 valence electrons. The van der Waals surface area contributed by atoms with Gasteiger partial charge in [0.05, 0.1) is 21.3 Å². The Morgan fingerprint density at radius 1 is 1.06 bits per heavy atom. The van der Waals surface area contributed by atoms with Crippen LogP contribution in [0.1, 0.15) is 34.3 Å². The minimum absolute atomic E-state index is 0.181. The number of aromatic nitrogens is 1. The number of hydrogen-bond acceptors (Lipinski definition) is 6. The molecule has 0 spiro atoms. The van der Waals surface area contributed by atoms with Gasteiger partial charge in [0.1, 0.15) is 0 Å². The average Bonchev–Trinajstić information content (AvgIpc) is 3.56. The standard InChI is InChI=1S/C26H23BrN4O3S2/c1-18-4-6-19(7-5-18)17-28-31(26-29-23-13-10-21(27)16-24(23)35-26)25(32)20-8-11-22(12-9-20)36(33,34)30-14-2-3-15-30/h4-13,16-17H,2-3,14-15H2,1H3/b28-17+. The summed E-state index contributed by atoms with van der Waals surface area (Å²) in [5.74, 6) is -0.401. The Balaban J connectivity index is 1.49. The van der Waals surface area contributed by atoms with E-state index in [-0.39, 0.29) is 4.90 Å². The van der Waals surface area contributed by atoms with E-state index in [9.17, 15) is 13.2 Å². The topological polar surface area (TPSA) is 82.9 Å². The van der Waals surface area contributed by atoms with Crippen LogP contribution >= 0.6 is 27.3 Å². The highest BCUT2D eigenvalue weighted by atomic mass is 79.9. The maximum atomic E-state index is 13.6. The smallest absolute Gasteiger partial charge is 0.267 e. The number of hydrogen-bond donors (Lipinski definition) is 0. The van der Waals surface area contributed by atoms with E-state index in [1.807, 2.05) is 49.4 Å². The average molecular weight is 584 g/mol. The normalized spacial score (nSPS) is 14.6. The van der Waals surface area contributed by atoms with Crippen molar-refractivity contribution < 1.29 is 13.2 Å². The number of nitrogens with zero attached hydrogens (tertiary/aromatic N) is 4. The molecule has 10 heteroatoms. The number of amides is 1. The Kier molecular flexibility index (Phi) is 7.03. The van der Waals surface area contributed by atoms with E-state index in [2.05, 4.69) is 26.0 Å². The van der Waals surface area contributed by atoms with E-state index in [0.717, 1.165) is 38.7 Å². The second-order valence-electron chi connectivity index (χ2n) is 8.52. The van der Waals surface area contributed by atoms with E-state index >= 15 is 0 Å². The van der Waals surface area contributed by atoms with Crippen LogP contribution in [0.25, 0.3) is 10.2 Å². The van der Waals surface area contributed by atoms with Gasteiger partial charge in [-0.15, -0.1) is 0 Å². The SMILES string of the molecule is Cc1ccc(/C=N/N(C(=O)c2ccc(S(=O)(=O)N3CCCC3)cc2)c2nc3ccc(Br)cc3s2)cc1. The van der Waals surface area contributed by atoms with Gasteiger partial charge in [-0.2, -0.15) is 14.4 Å². The van der Waals surface area contributed by atoms with E-state index in [1.165, 1.54) is 44.9 Å². The van der Waals surface area contributed by atoms with Gasteiger partial charge in [0.15, 0.2) is 0 Å². The fourth-order valence-electron chi connectivity index (χ4n) is 3.91. The van der Waals surface area contributed by atoms with E-state index in [4.69, 9.17) is 0 Å². The maximum Gasteiger partial charge on any atom is 0.280 e. The molecule has 5 rings (SSSR count). The second-order valence-corrected chi connectivity index (χ2v) is 12.4. The zero-order valence-electron chi connectivity index (χ0n) is 19.5. The number of aryl methyl sites for hydroxylation is 1. The molecule has 0 radical (unpaired) electrons. The van der Waals surface area contributed by atoms with Crippen molar-refractivity contribution in [2.75, 3.05) is 18.1 Å². The number of hydrazone groups is 1. The fraction of sp³-hybridized carbons (Fsp3) is 0.192. The highest BCUT2D eigenvalue weighted by molar-refractivity contribution is 9.10. The molecule has 2 heterocycles. The summed E-state index contributed by atoms with van der Waals surface area (Å²) in [5.41, 5.74) is 3.04. The molecule has 4 aromatic rings. The number of benzene rings is 3. The van der Waals surface area contributed by atoms with Crippen molar-refractivity contribution in [2.45, 2.75) is 24.7 Å². The molecule has 0 aliphatic carbocycles. The highest BCUT2D eigenvalue weighted by Crippen LogP contribution is 2.32. The summed E-state index contributed by atoms with van der Waals surface area (Å²) in [5, 5.41) is 6.18. The number of anilines is 1. The Hall–Kier alpha value is -2.92. The van der Waals surface area contributed by atoms with Crippen LogP contribution in [0.4, 0.5) is 5.13 Å². The molecule has 0 unspecified atom stereocenters. The third-order valence-corrected chi connectivity index (χ3v) is 9.32. The number of carbonyl (C=O) groups is 1. The summed E-state index contributed by atoms with van der Waals surface area (Å²) >= 11 is 4.83. The van der Waals surface area contributed by atoms with Gasteiger partial charge in [0.2, 0.25) is 15.2 Å². The Morgan fingerprint density at radius 3 is 2.44 bits per heavy atom. The van der Waals surface area contributed by atoms with Gasteiger partial charge in [-0.3, -0.25) is 4.79 Å². The quantitative estimate of drug-likeness (QED) is 0.211. The first kappa shape index (κ1) is 24.8. The number of rotatable bonds is 6. The minimum atomic E-state index is -3.56. The van der Waals surface area contributed by atoms with Gasteiger partial charge in [0, 0.05) is 23.1 Å². The van der Waals surface area contributed by atoms with Crippen molar-refractivity contribution in [1.29, 1.82) is 0 Å². The number of sulfonamides is 1. The van der Waals surface area contributed by atoms with Crippen LogP contribution in [0.15, 0.2) is 81.2 Å². The second kappa shape index (κ2) is 10.2. The molecule has 1 saturated heterocycles. The molecule has 1 aliphatic heterocycles. The minimum Gasteiger partial charge on any atom is -0.267 e. The molecule has 0 bridgehead atoms. The van der Waals surface area contributed by atoms with Crippen molar-refractivity contribution in [3.63, 3.8) is 0 Å². The largest absolute Gasteiger partial charge is 0.280 e. The molecular formula is C26H23BrN4O3S2. The maximum absolute atomic E-state index is 13.6. The summed E-state index contributed by atoms with van der Waals surface area (Å²) in [6.45, 7) is 3.06. The van der Waals surface area contributed by atoms with Gasteiger partial charge in [-0.1, -0.05) is 57.1 Å². The van der Waals surface area contributed by atoms with E-state index in [0.29, 0.717) is 23.8 Å². The first-order chi connectivity index (χ1) is 17.3. The van der Waals surface area contributed by atoms with Crippen molar-refractivity contribution >= 4 is 64.8 Å². The monoisotopic (exact) mass is 582 g/mol. The molecule has 0 atom stereocenters. The van der Waals surface area contributed by atoms with Gasteiger partial charge < -0.3 is 0 Å². The molecule has 1 aliphatic rings. The molecule has 0 saturated carbocycles. The Labute approximate surface area is 222 Å². The number of fused-ring (bicyclic) bond motifs is 1. The fourth-order valence-corrected chi connectivity index (χ4v) is 6.90. The van der Waals surface area contributed by atoms with Gasteiger partial charge in [-0.05, 0) is 67.8 Å². The lowest BCUT2D eigenvalue weighted by Crippen LogP contribution is -2.28. The van der Waals surface area contributed by atoms with Crippen LogP contribution in [0.3, 0.4) is 0 Å². The van der Waals surface area contributed by atoms with Gasteiger partial charge >= 0.3 is 0 Å². The zero-order valence-corrected chi connectivity index (χ0v) is 22.7. The number of halogens is 1. The first-order valence-electron chi connectivity index (χ1n) is 11.4. The van der Waals surface area contributed by atoms with Crippen LogP contribution in [-0.4, -0.2) is 42.9 Å². The third-order valence-electron chi connectivity index (χ3n) is 5.92. The molecule has 1 aromatic heterocycles. The summed E-state index contributed by atoms with van der Waals surface area (Å²) in [6.07, 6.45) is 3.34. The van der Waals surface area contributed by atoms with Crippen LogP contribution in [0, 0.1) is 6.92 Å². The number of thiazole rings is 1. The van der Waals surface area contributed by atoms with Crippen molar-refractivity contribution in [2.24, 2.45) is 5.10 Å².